The van der Waals surface area contributed by atoms with Gasteiger partial charge in [-0.3, -0.25) is 9.69 Å². The number of aryl methyl sites for hydroxylation is 1. The van der Waals surface area contributed by atoms with Crippen LogP contribution in [0.3, 0.4) is 0 Å². The molecule has 0 radical (unpaired) electrons. The summed E-state index contributed by atoms with van der Waals surface area (Å²) in [7, 11) is 0. The number of aromatic nitrogens is 2. The van der Waals surface area contributed by atoms with Gasteiger partial charge < -0.3 is 14.8 Å². The van der Waals surface area contributed by atoms with Crippen molar-refractivity contribution >= 4 is 5.97 Å². The molecule has 0 atom stereocenters. The Morgan fingerprint density at radius 2 is 1.92 bits per heavy atom. The van der Waals surface area contributed by atoms with E-state index < -0.39 is 17.2 Å². The number of para-hydroxylation sites is 1. The molecule has 138 valence electrons. The number of rotatable bonds is 5. The lowest BCUT2D eigenvalue weighted by atomic mass is 10.1. The van der Waals surface area contributed by atoms with Gasteiger partial charge >= 0.3 is 11.7 Å². The topological polar surface area (TPSA) is 105 Å². The number of morpholine rings is 1. The first-order chi connectivity index (χ1) is 12.5. The van der Waals surface area contributed by atoms with Gasteiger partial charge in [0.25, 0.3) is 5.56 Å². The zero-order valence-electron chi connectivity index (χ0n) is 14.5. The minimum absolute atomic E-state index is 0.0740. The zero-order chi connectivity index (χ0) is 18.7. The summed E-state index contributed by atoms with van der Waals surface area (Å²) < 4.78 is 6.32. The second-order valence-electron chi connectivity index (χ2n) is 6.10. The molecule has 2 heterocycles. The Bertz CT molecular complexity index is 925. The SMILES string of the molecule is CCc1ccccc1-n1c(=O)[nH]c(C(=O)O)c(CN2CCOCC2)c1=O. The quantitative estimate of drug-likeness (QED) is 0.811. The molecule has 2 N–H and O–H groups in total. The van der Waals surface area contributed by atoms with Gasteiger partial charge in [0.15, 0.2) is 0 Å². The summed E-state index contributed by atoms with van der Waals surface area (Å²) in [5.41, 5.74) is -0.318. The van der Waals surface area contributed by atoms with Gasteiger partial charge in [0.1, 0.15) is 5.69 Å². The van der Waals surface area contributed by atoms with Crippen molar-refractivity contribution in [3.05, 3.63) is 61.9 Å². The normalized spacial score (nSPS) is 15.1. The molecule has 26 heavy (non-hydrogen) atoms. The lowest BCUT2D eigenvalue weighted by Gasteiger charge is -2.26. The Morgan fingerprint density at radius 3 is 2.58 bits per heavy atom. The lowest BCUT2D eigenvalue weighted by Crippen LogP contribution is -2.43. The predicted octanol–water partition coefficient (Wildman–Crippen LogP) is 0.619. The molecule has 0 saturated carbocycles. The van der Waals surface area contributed by atoms with Crippen molar-refractivity contribution < 1.29 is 14.6 Å². The van der Waals surface area contributed by atoms with Crippen LogP contribution >= 0.6 is 0 Å². The second-order valence-corrected chi connectivity index (χ2v) is 6.10. The molecule has 0 bridgehead atoms. The average molecular weight is 359 g/mol. The minimum atomic E-state index is -1.32. The van der Waals surface area contributed by atoms with E-state index in [4.69, 9.17) is 4.74 Å². The maximum Gasteiger partial charge on any atom is 0.352 e. The minimum Gasteiger partial charge on any atom is -0.477 e. The van der Waals surface area contributed by atoms with Crippen LogP contribution in [-0.2, 0) is 17.7 Å². The lowest BCUT2D eigenvalue weighted by molar-refractivity contribution is 0.0336. The van der Waals surface area contributed by atoms with Gasteiger partial charge in [-0.05, 0) is 18.1 Å². The third-order valence-electron chi connectivity index (χ3n) is 4.51. The summed E-state index contributed by atoms with van der Waals surface area (Å²) in [6, 6.07) is 7.11. The Kier molecular flexibility index (Phi) is 5.34. The highest BCUT2D eigenvalue weighted by atomic mass is 16.5. The number of ether oxygens (including phenoxy) is 1. The molecule has 1 fully saturated rings. The summed E-state index contributed by atoms with van der Waals surface area (Å²) in [4.78, 5) is 41.5. The van der Waals surface area contributed by atoms with Gasteiger partial charge in [-0.2, -0.15) is 0 Å². The molecule has 1 aromatic heterocycles. The Labute approximate surface area is 149 Å². The number of nitrogens with zero attached hydrogens (tertiary/aromatic N) is 2. The molecule has 2 aromatic rings. The van der Waals surface area contributed by atoms with Crippen LogP contribution in [0.4, 0.5) is 0 Å². The van der Waals surface area contributed by atoms with Gasteiger partial charge in [-0.25, -0.2) is 14.2 Å². The molecular weight excluding hydrogens is 338 g/mol. The van der Waals surface area contributed by atoms with Crippen molar-refractivity contribution in [1.82, 2.24) is 14.5 Å². The first-order valence-electron chi connectivity index (χ1n) is 8.52. The summed E-state index contributed by atoms with van der Waals surface area (Å²) in [5, 5.41) is 9.44. The van der Waals surface area contributed by atoms with E-state index in [1.807, 2.05) is 24.0 Å². The van der Waals surface area contributed by atoms with Crippen LogP contribution in [0.15, 0.2) is 33.9 Å². The summed E-state index contributed by atoms with van der Waals surface area (Å²) in [6.45, 7) is 4.33. The molecule has 0 spiro atoms. The first kappa shape index (κ1) is 18.1. The number of aromatic carboxylic acids is 1. The van der Waals surface area contributed by atoms with Crippen LogP contribution < -0.4 is 11.2 Å². The van der Waals surface area contributed by atoms with Gasteiger partial charge in [0.2, 0.25) is 0 Å². The van der Waals surface area contributed by atoms with Crippen LogP contribution in [0, 0.1) is 0 Å². The number of benzene rings is 1. The smallest absolute Gasteiger partial charge is 0.352 e. The van der Waals surface area contributed by atoms with Crippen LogP contribution in [0.5, 0.6) is 0 Å². The molecule has 1 aromatic carbocycles. The number of hydrogen-bond donors (Lipinski definition) is 2. The number of carboxylic acids is 1. The van der Waals surface area contributed by atoms with Gasteiger partial charge in [-0.1, -0.05) is 25.1 Å². The highest BCUT2D eigenvalue weighted by Crippen LogP contribution is 2.13. The Hall–Kier alpha value is -2.71. The van der Waals surface area contributed by atoms with E-state index in [1.54, 1.807) is 12.1 Å². The number of H-pyrrole nitrogens is 1. The number of carbonyl (C=O) groups is 1. The van der Waals surface area contributed by atoms with E-state index in [0.29, 0.717) is 38.4 Å². The molecular formula is C18H21N3O5. The second kappa shape index (κ2) is 7.67. The fourth-order valence-corrected chi connectivity index (χ4v) is 3.13. The van der Waals surface area contributed by atoms with Gasteiger partial charge in [0.05, 0.1) is 24.5 Å². The largest absolute Gasteiger partial charge is 0.477 e. The van der Waals surface area contributed by atoms with E-state index in [1.165, 1.54) is 0 Å². The fraction of sp³-hybridized carbons (Fsp3) is 0.389. The number of aromatic amines is 1. The first-order valence-corrected chi connectivity index (χ1v) is 8.52. The van der Waals surface area contributed by atoms with E-state index in [9.17, 15) is 19.5 Å². The van der Waals surface area contributed by atoms with Crippen molar-refractivity contribution in [1.29, 1.82) is 0 Å². The van der Waals surface area contributed by atoms with Crippen LogP contribution in [-0.4, -0.2) is 51.8 Å². The van der Waals surface area contributed by atoms with Gasteiger partial charge in [0, 0.05) is 19.6 Å². The number of nitrogens with one attached hydrogen (secondary N) is 1. The van der Waals surface area contributed by atoms with E-state index in [2.05, 4.69) is 4.98 Å². The standard InChI is InChI=1S/C18H21N3O5/c1-2-12-5-3-4-6-14(12)21-16(22)13(11-20-7-9-26-10-8-20)15(17(23)24)19-18(21)25/h3-6H,2,7-11H2,1H3,(H,19,25)(H,23,24). The summed E-state index contributed by atoms with van der Waals surface area (Å²) in [6.07, 6.45) is 0.640. The van der Waals surface area contributed by atoms with Crippen molar-refractivity contribution in [3.63, 3.8) is 0 Å². The number of hydrogen-bond acceptors (Lipinski definition) is 5. The molecule has 1 aliphatic heterocycles. The van der Waals surface area contributed by atoms with E-state index in [0.717, 1.165) is 10.1 Å². The van der Waals surface area contributed by atoms with Crippen molar-refractivity contribution in [2.45, 2.75) is 19.9 Å². The number of carboxylic acid groups (broad SMARTS) is 1. The molecule has 0 aliphatic carbocycles. The van der Waals surface area contributed by atoms with Gasteiger partial charge in [-0.15, -0.1) is 0 Å². The van der Waals surface area contributed by atoms with E-state index >= 15 is 0 Å². The maximum atomic E-state index is 13.1. The van der Waals surface area contributed by atoms with Crippen LogP contribution in [0.2, 0.25) is 0 Å². The average Bonchev–Trinajstić information content (AvgIpc) is 2.65. The zero-order valence-corrected chi connectivity index (χ0v) is 14.5. The predicted molar refractivity (Wildman–Crippen MR) is 95.1 cm³/mol. The van der Waals surface area contributed by atoms with Crippen molar-refractivity contribution in [3.8, 4) is 5.69 Å². The monoisotopic (exact) mass is 359 g/mol. The molecule has 8 nitrogen and oxygen atoms in total. The molecule has 1 saturated heterocycles. The van der Waals surface area contributed by atoms with Crippen LogP contribution in [0.25, 0.3) is 5.69 Å². The third-order valence-corrected chi connectivity index (χ3v) is 4.51. The van der Waals surface area contributed by atoms with Crippen LogP contribution in [0.1, 0.15) is 28.5 Å². The molecule has 0 amide bonds. The Balaban J connectivity index is 2.17. The molecule has 0 unspecified atom stereocenters. The molecule has 1 aliphatic rings. The highest BCUT2D eigenvalue weighted by molar-refractivity contribution is 5.86. The Morgan fingerprint density at radius 1 is 1.23 bits per heavy atom. The fourth-order valence-electron chi connectivity index (χ4n) is 3.13. The maximum absolute atomic E-state index is 13.1. The molecule has 8 heteroatoms. The van der Waals surface area contributed by atoms with E-state index in [-0.39, 0.29) is 17.8 Å². The van der Waals surface area contributed by atoms with Crippen molar-refractivity contribution in [2.24, 2.45) is 0 Å². The summed E-state index contributed by atoms with van der Waals surface area (Å²) >= 11 is 0. The molecule has 3 rings (SSSR count). The summed E-state index contributed by atoms with van der Waals surface area (Å²) in [5.74, 6) is -1.32. The third kappa shape index (κ3) is 3.47. The van der Waals surface area contributed by atoms with Crippen molar-refractivity contribution in [2.75, 3.05) is 26.3 Å². The highest BCUT2D eigenvalue weighted by Gasteiger charge is 2.23.